The van der Waals surface area contributed by atoms with E-state index in [1.54, 1.807) is 0 Å². The number of anilines is 1. The molecule has 1 aromatic carbocycles. The van der Waals surface area contributed by atoms with Crippen LogP contribution in [-0.4, -0.2) is 41.1 Å². The summed E-state index contributed by atoms with van der Waals surface area (Å²) in [4.78, 5) is 14.5. The van der Waals surface area contributed by atoms with Gasteiger partial charge in [0, 0.05) is 24.7 Å². The van der Waals surface area contributed by atoms with E-state index in [9.17, 15) is 9.90 Å². The predicted octanol–water partition coefficient (Wildman–Crippen LogP) is 1.64. The zero-order chi connectivity index (χ0) is 14.1. The second kappa shape index (κ2) is 5.44. The maximum Gasteiger partial charge on any atom is 0.245 e. The Kier molecular flexibility index (Phi) is 3.66. The molecular weight excluding hydrogens is 252 g/mol. The van der Waals surface area contributed by atoms with Gasteiger partial charge in [0.15, 0.2) is 0 Å². The summed E-state index contributed by atoms with van der Waals surface area (Å²) in [6, 6.07) is 8.08. The Bertz CT molecular complexity index is 501. The molecule has 1 amide bonds. The molecule has 108 valence electrons. The minimum atomic E-state index is -0.326. The first kappa shape index (κ1) is 13.4. The van der Waals surface area contributed by atoms with E-state index in [0.29, 0.717) is 6.54 Å². The molecule has 1 aromatic rings. The van der Waals surface area contributed by atoms with Crippen molar-refractivity contribution < 1.29 is 9.90 Å². The SMILES string of the molecule is CC(O)C1CCN(C(=O)C2CCc3ccccc3N2)C1. The highest BCUT2D eigenvalue weighted by atomic mass is 16.3. The molecule has 3 atom stereocenters. The van der Waals surface area contributed by atoms with Crippen LogP contribution in [0.25, 0.3) is 0 Å². The lowest BCUT2D eigenvalue weighted by Crippen LogP contribution is -2.44. The van der Waals surface area contributed by atoms with Gasteiger partial charge in [0.05, 0.1) is 6.10 Å². The molecule has 0 aliphatic carbocycles. The number of likely N-dealkylation sites (tertiary alicyclic amines) is 1. The van der Waals surface area contributed by atoms with Crippen molar-refractivity contribution in [3.8, 4) is 0 Å². The van der Waals surface area contributed by atoms with Crippen molar-refractivity contribution in [1.82, 2.24) is 4.90 Å². The van der Waals surface area contributed by atoms with E-state index >= 15 is 0 Å². The van der Waals surface area contributed by atoms with E-state index in [0.717, 1.165) is 31.5 Å². The molecule has 2 aliphatic heterocycles. The molecule has 1 fully saturated rings. The van der Waals surface area contributed by atoms with Crippen molar-refractivity contribution in [2.75, 3.05) is 18.4 Å². The third kappa shape index (κ3) is 2.52. The average molecular weight is 274 g/mol. The lowest BCUT2D eigenvalue weighted by molar-refractivity contribution is -0.131. The summed E-state index contributed by atoms with van der Waals surface area (Å²) in [6.07, 6.45) is 2.39. The monoisotopic (exact) mass is 274 g/mol. The number of aryl methyl sites for hydroxylation is 1. The molecule has 0 spiro atoms. The van der Waals surface area contributed by atoms with Crippen LogP contribution in [0.15, 0.2) is 24.3 Å². The highest BCUT2D eigenvalue weighted by Gasteiger charge is 2.33. The van der Waals surface area contributed by atoms with Crippen molar-refractivity contribution in [3.05, 3.63) is 29.8 Å². The molecule has 0 radical (unpaired) electrons. The van der Waals surface area contributed by atoms with Crippen LogP contribution in [0, 0.1) is 5.92 Å². The van der Waals surface area contributed by atoms with Gasteiger partial charge in [0.2, 0.25) is 5.91 Å². The van der Waals surface area contributed by atoms with Gasteiger partial charge in [-0.05, 0) is 37.8 Å². The Labute approximate surface area is 119 Å². The van der Waals surface area contributed by atoms with Crippen LogP contribution in [0.1, 0.15) is 25.3 Å². The average Bonchev–Trinajstić information content (AvgIpc) is 2.96. The quantitative estimate of drug-likeness (QED) is 0.862. The summed E-state index contributed by atoms with van der Waals surface area (Å²) in [6.45, 7) is 3.28. The minimum Gasteiger partial charge on any atom is -0.393 e. The number of fused-ring (bicyclic) bond motifs is 1. The van der Waals surface area contributed by atoms with Crippen molar-refractivity contribution in [2.45, 2.75) is 38.3 Å². The van der Waals surface area contributed by atoms with E-state index in [4.69, 9.17) is 0 Å². The van der Waals surface area contributed by atoms with Gasteiger partial charge in [-0.1, -0.05) is 18.2 Å². The normalized spacial score (nSPS) is 26.8. The van der Waals surface area contributed by atoms with E-state index < -0.39 is 0 Å². The fourth-order valence-corrected chi connectivity index (χ4v) is 3.23. The summed E-state index contributed by atoms with van der Waals surface area (Å²) in [7, 11) is 0. The molecule has 2 aliphatic rings. The predicted molar refractivity (Wildman–Crippen MR) is 78.5 cm³/mol. The number of benzene rings is 1. The van der Waals surface area contributed by atoms with E-state index in [1.807, 2.05) is 30.0 Å². The molecule has 2 heterocycles. The van der Waals surface area contributed by atoms with Gasteiger partial charge in [0.1, 0.15) is 6.04 Å². The molecule has 3 unspecified atom stereocenters. The van der Waals surface area contributed by atoms with Crippen LogP contribution in [0.3, 0.4) is 0 Å². The molecule has 4 heteroatoms. The lowest BCUT2D eigenvalue weighted by Gasteiger charge is -2.29. The summed E-state index contributed by atoms with van der Waals surface area (Å²) in [5, 5.41) is 13.0. The van der Waals surface area contributed by atoms with Gasteiger partial charge in [-0.25, -0.2) is 0 Å². The van der Waals surface area contributed by atoms with Crippen LogP contribution < -0.4 is 5.32 Å². The van der Waals surface area contributed by atoms with Crippen molar-refractivity contribution >= 4 is 11.6 Å². The Morgan fingerprint density at radius 1 is 1.40 bits per heavy atom. The van der Waals surface area contributed by atoms with Gasteiger partial charge in [-0.15, -0.1) is 0 Å². The minimum absolute atomic E-state index is 0.113. The number of rotatable bonds is 2. The fourth-order valence-electron chi connectivity index (χ4n) is 3.23. The van der Waals surface area contributed by atoms with Crippen LogP contribution in [0.2, 0.25) is 0 Å². The maximum absolute atomic E-state index is 12.6. The molecule has 1 saturated heterocycles. The number of hydrogen-bond donors (Lipinski definition) is 2. The largest absolute Gasteiger partial charge is 0.393 e. The van der Waals surface area contributed by atoms with E-state index in [2.05, 4.69) is 11.4 Å². The molecule has 20 heavy (non-hydrogen) atoms. The number of aliphatic hydroxyl groups excluding tert-OH is 1. The summed E-state index contributed by atoms with van der Waals surface area (Å²) < 4.78 is 0. The van der Waals surface area contributed by atoms with Crippen molar-refractivity contribution in [2.24, 2.45) is 5.92 Å². The van der Waals surface area contributed by atoms with Crippen LogP contribution in [-0.2, 0) is 11.2 Å². The molecule has 0 bridgehead atoms. The number of amides is 1. The highest BCUT2D eigenvalue weighted by molar-refractivity contribution is 5.86. The first-order valence-electron chi connectivity index (χ1n) is 7.46. The number of nitrogens with one attached hydrogen (secondary N) is 1. The van der Waals surface area contributed by atoms with E-state index in [-0.39, 0.29) is 24.0 Å². The van der Waals surface area contributed by atoms with Gasteiger partial charge < -0.3 is 15.3 Å². The topological polar surface area (TPSA) is 52.6 Å². The van der Waals surface area contributed by atoms with Crippen LogP contribution >= 0.6 is 0 Å². The van der Waals surface area contributed by atoms with Gasteiger partial charge in [0.25, 0.3) is 0 Å². The van der Waals surface area contributed by atoms with Crippen molar-refractivity contribution in [1.29, 1.82) is 0 Å². The summed E-state index contributed by atoms with van der Waals surface area (Å²) >= 11 is 0. The standard InChI is InChI=1S/C16H22N2O2/c1-11(19)13-8-9-18(10-13)16(20)15-7-6-12-4-2-3-5-14(12)17-15/h2-5,11,13,15,17,19H,6-10H2,1H3. The number of carbonyl (C=O) groups excluding carboxylic acids is 1. The third-order valence-corrected chi connectivity index (χ3v) is 4.57. The van der Waals surface area contributed by atoms with Crippen LogP contribution in [0.5, 0.6) is 0 Å². The lowest BCUT2D eigenvalue weighted by atomic mass is 9.97. The zero-order valence-electron chi connectivity index (χ0n) is 11.9. The first-order chi connectivity index (χ1) is 9.65. The summed E-state index contributed by atoms with van der Waals surface area (Å²) in [5.41, 5.74) is 2.38. The Hall–Kier alpha value is -1.55. The number of hydrogen-bond acceptors (Lipinski definition) is 3. The van der Waals surface area contributed by atoms with Gasteiger partial charge >= 0.3 is 0 Å². The Morgan fingerprint density at radius 2 is 2.20 bits per heavy atom. The molecular formula is C16H22N2O2. The molecule has 3 rings (SSSR count). The first-order valence-corrected chi connectivity index (χ1v) is 7.46. The van der Waals surface area contributed by atoms with Gasteiger partial charge in [-0.3, -0.25) is 4.79 Å². The smallest absolute Gasteiger partial charge is 0.245 e. The summed E-state index contributed by atoms with van der Waals surface area (Å²) in [5.74, 6) is 0.414. The van der Waals surface area contributed by atoms with Gasteiger partial charge in [-0.2, -0.15) is 0 Å². The number of para-hydroxylation sites is 1. The Balaban J connectivity index is 1.65. The molecule has 4 nitrogen and oxygen atoms in total. The van der Waals surface area contributed by atoms with Crippen LogP contribution in [0.4, 0.5) is 5.69 Å². The molecule has 0 saturated carbocycles. The van der Waals surface area contributed by atoms with E-state index in [1.165, 1.54) is 5.56 Å². The second-order valence-corrected chi connectivity index (χ2v) is 5.97. The second-order valence-electron chi connectivity index (χ2n) is 5.97. The maximum atomic E-state index is 12.6. The number of aliphatic hydroxyl groups is 1. The number of carbonyl (C=O) groups is 1. The molecule has 0 aromatic heterocycles. The Morgan fingerprint density at radius 3 is 2.95 bits per heavy atom. The number of nitrogens with zero attached hydrogens (tertiary/aromatic N) is 1. The molecule has 2 N–H and O–H groups in total. The highest BCUT2D eigenvalue weighted by Crippen LogP contribution is 2.27. The zero-order valence-corrected chi connectivity index (χ0v) is 11.9. The fraction of sp³-hybridized carbons (Fsp3) is 0.562. The third-order valence-electron chi connectivity index (χ3n) is 4.57. The van der Waals surface area contributed by atoms with Crippen molar-refractivity contribution in [3.63, 3.8) is 0 Å².